The first kappa shape index (κ1) is 15.2. The molecule has 1 aliphatic rings. The van der Waals surface area contributed by atoms with Gasteiger partial charge in [-0.25, -0.2) is 10.8 Å². The van der Waals surface area contributed by atoms with Crippen LogP contribution >= 0.6 is 0 Å². The fourth-order valence-corrected chi connectivity index (χ4v) is 2.80. The van der Waals surface area contributed by atoms with Crippen LogP contribution in [-0.2, 0) is 6.54 Å². The van der Waals surface area contributed by atoms with Gasteiger partial charge in [0, 0.05) is 12.6 Å². The Balaban J connectivity index is 1.97. The monoisotopic (exact) mass is 277 g/mol. The van der Waals surface area contributed by atoms with Gasteiger partial charge in [-0.3, -0.25) is 9.88 Å². The zero-order chi connectivity index (χ0) is 14.4. The quantitative estimate of drug-likeness (QED) is 0.592. The van der Waals surface area contributed by atoms with Gasteiger partial charge in [-0.15, -0.1) is 0 Å². The van der Waals surface area contributed by atoms with Crippen LogP contribution in [0.15, 0.2) is 12.4 Å². The number of nitrogen functional groups attached to an aromatic ring is 1. The first-order chi connectivity index (χ1) is 9.69. The predicted molar refractivity (Wildman–Crippen MR) is 82.0 cm³/mol. The number of rotatable bonds is 7. The first-order valence-electron chi connectivity index (χ1n) is 7.70. The van der Waals surface area contributed by atoms with Crippen molar-refractivity contribution >= 4 is 5.82 Å². The molecule has 1 aromatic heterocycles. The Kier molecular flexibility index (Phi) is 5.73. The maximum atomic E-state index is 5.32. The van der Waals surface area contributed by atoms with Gasteiger partial charge < -0.3 is 5.43 Å². The molecule has 5 nitrogen and oxygen atoms in total. The average Bonchev–Trinajstić information content (AvgIpc) is 2.98. The maximum Gasteiger partial charge on any atom is 0.158 e. The molecule has 1 aliphatic carbocycles. The van der Waals surface area contributed by atoms with Gasteiger partial charge in [0.1, 0.15) is 0 Å². The highest BCUT2D eigenvalue weighted by molar-refractivity contribution is 5.28. The minimum Gasteiger partial charge on any atom is -0.307 e. The van der Waals surface area contributed by atoms with Crippen LogP contribution < -0.4 is 11.3 Å². The number of anilines is 1. The second-order valence-electron chi connectivity index (χ2n) is 6.13. The minimum absolute atomic E-state index is 0.614. The third-order valence-electron chi connectivity index (χ3n) is 4.05. The molecule has 1 saturated carbocycles. The first-order valence-corrected chi connectivity index (χ1v) is 7.70. The Labute approximate surface area is 121 Å². The summed E-state index contributed by atoms with van der Waals surface area (Å²) in [5, 5.41) is 0. The number of hydrogen-bond donors (Lipinski definition) is 2. The fraction of sp³-hybridized carbons (Fsp3) is 0.733. The number of hydrogen-bond acceptors (Lipinski definition) is 5. The summed E-state index contributed by atoms with van der Waals surface area (Å²) in [7, 11) is 0. The largest absolute Gasteiger partial charge is 0.307 e. The summed E-state index contributed by atoms with van der Waals surface area (Å²) in [4.78, 5) is 11.3. The smallest absolute Gasteiger partial charge is 0.158 e. The fourth-order valence-electron chi connectivity index (χ4n) is 2.80. The van der Waals surface area contributed by atoms with Crippen molar-refractivity contribution in [1.82, 2.24) is 14.9 Å². The molecule has 0 spiro atoms. The molecular formula is C15H27N5. The summed E-state index contributed by atoms with van der Waals surface area (Å²) >= 11 is 0. The normalized spacial score (nSPS) is 16.2. The molecule has 1 aromatic rings. The van der Waals surface area contributed by atoms with E-state index in [-0.39, 0.29) is 0 Å². The average molecular weight is 277 g/mol. The van der Waals surface area contributed by atoms with Crippen molar-refractivity contribution in [2.75, 3.05) is 12.0 Å². The van der Waals surface area contributed by atoms with Crippen molar-refractivity contribution in [3.8, 4) is 0 Å². The van der Waals surface area contributed by atoms with E-state index in [0.29, 0.717) is 5.82 Å². The summed E-state index contributed by atoms with van der Waals surface area (Å²) in [6, 6.07) is 0.725. The maximum absolute atomic E-state index is 5.32. The van der Waals surface area contributed by atoms with Gasteiger partial charge >= 0.3 is 0 Å². The highest BCUT2D eigenvalue weighted by Crippen LogP contribution is 2.25. The van der Waals surface area contributed by atoms with Crippen molar-refractivity contribution in [2.24, 2.45) is 11.8 Å². The second kappa shape index (κ2) is 7.55. The van der Waals surface area contributed by atoms with Crippen molar-refractivity contribution in [3.63, 3.8) is 0 Å². The molecule has 5 heteroatoms. The minimum atomic E-state index is 0.614. The molecule has 0 saturated heterocycles. The topological polar surface area (TPSA) is 67.1 Å². The van der Waals surface area contributed by atoms with E-state index in [2.05, 4.69) is 34.1 Å². The van der Waals surface area contributed by atoms with Crippen LogP contribution in [0.2, 0.25) is 0 Å². The molecule has 112 valence electrons. The zero-order valence-electron chi connectivity index (χ0n) is 12.7. The SMILES string of the molecule is CC(C)CCN(Cc1cnc(NN)cn1)C1CCCC1. The number of nitrogens with two attached hydrogens (primary N) is 1. The number of nitrogens with one attached hydrogen (secondary N) is 1. The number of nitrogens with zero attached hydrogens (tertiary/aromatic N) is 3. The van der Waals surface area contributed by atoms with Gasteiger partial charge in [0.25, 0.3) is 0 Å². The lowest BCUT2D eigenvalue weighted by atomic mass is 10.1. The van der Waals surface area contributed by atoms with E-state index in [1.165, 1.54) is 32.1 Å². The molecule has 3 N–H and O–H groups in total. The Hall–Kier alpha value is -1.20. The van der Waals surface area contributed by atoms with E-state index < -0.39 is 0 Å². The third-order valence-corrected chi connectivity index (χ3v) is 4.05. The second-order valence-corrected chi connectivity index (χ2v) is 6.13. The zero-order valence-corrected chi connectivity index (χ0v) is 12.7. The van der Waals surface area contributed by atoms with E-state index in [1.807, 2.05) is 6.20 Å². The van der Waals surface area contributed by atoms with E-state index in [9.17, 15) is 0 Å². The standard InChI is InChI=1S/C15H27N5/c1-12(2)7-8-20(14-5-3-4-6-14)11-13-9-18-15(19-16)10-17-13/h9-10,12,14H,3-8,11,16H2,1-2H3,(H,18,19). The summed E-state index contributed by atoms with van der Waals surface area (Å²) in [6.07, 6.45) is 10.2. The third kappa shape index (κ3) is 4.42. The summed E-state index contributed by atoms with van der Waals surface area (Å²) < 4.78 is 0. The molecule has 0 bridgehead atoms. The lowest BCUT2D eigenvalue weighted by Crippen LogP contribution is -2.34. The molecule has 0 atom stereocenters. The molecule has 2 rings (SSSR count). The summed E-state index contributed by atoms with van der Waals surface area (Å²) in [6.45, 7) is 6.62. The van der Waals surface area contributed by atoms with Crippen LogP contribution in [0.1, 0.15) is 51.6 Å². The van der Waals surface area contributed by atoms with Gasteiger partial charge in [0.2, 0.25) is 0 Å². The van der Waals surface area contributed by atoms with Gasteiger partial charge in [-0.05, 0) is 31.7 Å². The lowest BCUT2D eigenvalue weighted by Gasteiger charge is -2.29. The number of aromatic nitrogens is 2. The van der Waals surface area contributed by atoms with Crippen LogP contribution in [0.3, 0.4) is 0 Å². The van der Waals surface area contributed by atoms with Gasteiger partial charge in [-0.1, -0.05) is 26.7 Å². The lowest BCUT2D eigenvalue weighted by molar-refractivity contribution is 0.177. The molecule has 0 aromatic carbocycles. The Bertz CT molecular complexity index is 384. The van der Waals surface area contributed by atoms with E-state index in [1.54, 1.807) is 6.20 Å². The molecular weight excluding hydrogens is 250 g/mol. The van der Waals surface area contributed by atoms with Crippen LogP contribution in [0.4, 0.5) is 5.82 Å². The molecule has 0 aliphatic heterocycles. The van der Waals surface area contributed by atoms with Crippen molar-refractivity contribution in [2.45, 2.75) is 58.5 Å². The Morgan fingerprint density at radius 1 is 1.30 bits per heavy atom. The molecule has 20 heavy (non-hydrogen) atoms. The van der Waals surface area contributed by atoms with E-state index in [4.69, 9.17) is 5.84 Å². The van der Waals surface area contributed by atoms with Gasteiger partial charge in [0.05, 0.1) is 18.1 Å². The van der Waals surface area contributed by atoms with Crippen LogP contribution in [0.5, 0.6) is 0 Å². The molecule has 0 amide bonds. The Morgan fingerprint density at radius 2 is 2.05 bits per heavy atom. The predicted octanol–water partition coefficient (Wildman–Crippen LogP) is 2.55. The Morgan fingerprint density at radius 3 is 2.60 bits per heavy atom. The summed E-state index contributed by atoms with van der Waals surface area (Å²) in [5.41, 5.74) is 3.54. The van der Waals surface area contributed by atoms with Gasteiger partial charge in [-0.2, -0.15) is 0 Å². The highest BCUT2D eigenvalue weighted by Gasteiger charge is 2.23. The van der Waals surface area contributed by atoms with E-state index in [0.717, 1.165) is 30.7 Å². The molecule has 0 radical (unpaired) electrons. The van der Waals surface area contributed by atoms with Crippen LogP contribution in [0.25, 0.3) is 0 Å². The van der Waals surface area contributed by atoms with E-state index >= 15 is 0 Å². The van der Waals surface area contributed by atoms with Crippen molar-refractivity contribution in [3.05, 3.63) is 18.1 Å². The highest BCUT2D eigenvalue weighted by atomic mass is 15.3. The van der Waals surface area contributed by atoms with Crippen molar-refractivity contribution in [1.29, 1.82) is 0 Å². The van der Waals surface area contributed by atoms with Crippen LogP contribution in [-0.4, -0.2) is 27.5 Å². The van der Waals surface area contributed by atoms with Crippen molar-refractivity contribution < 1.29 is 0 Å². The molecule has 0 unspecified atom stereocenters. The number of hydrazine groups is 1. The molecule has 1 fully saturated rings. The van der Waals surface area contributed by atoms with Crippen LogP contribution in [0, 0.1) is 5.92 Å². The summed E-state index contributed by atoms with van der Waals surface area (Å²) in [5.74, 6) is 6.68. The molecule has 1 heterocycles. The van der Waals surface area contributed by atoms with Gasteiger partial charge in [0.15, 0.2) is 5.82 Å².